The van der Waals surface area contributed by atoms with Gasteiger partial charge in [0.25, 0.3) is 5.78 Å². The smallest absolute Gasteiger partial charge is 0.252 e. The van der Waals surface area contributed by atoms with Gasteiger partial charge in [-0.1, -0.05) is 37.3 Å². The van der Waals surface area contributed by atoms with E-state index in [1.807, 2.05) is 19.9 Å². The van der Waals surface area contributed by atoms with Crippen molar-refractivity contribution in [2.24, 2.45) is 0 Å². The van der Waals surface area contributed by atoms with E-state index < -0.39 is 0 Å². The predicted octanol–water partition coefficient (Wildman–Crippen LogP) is 2.98. The van der Waals surface area contributed by atoms with E-state index in [1.165, 1.54) is 11.9 Å². The van der Waals surface area contributed by atoms with Crippen LogP contribution in [0.15, 0.2) is 36.7 Å². The average molecular weight is 351 g/mol. The van der Waals surface area contributed by atoms with Gasteiger partial charge in [-0.2, -0.15) is 10.1 Å². The standard InChI is InChI=1S/C20H25N5O/c1-14(17-7-5-4-6-8-17)11-12-21-19(26)10-9-18-15(2)24-20-22-13-23-25(20)16(18)3/h4-8,13-14H,9-12H2,1-3H3,(H,21,26). The maximum atomic E-state index is 12.2. The Bertz CT molecular complexity index is 888. The third kappa shape index (κ3) is 4.07. The number of hydrogen-bond acceptors (Lipinski definition) is 4. The fraction of sp³-hybridized carbons (Fsp3) is 0.400. The van der Waals surface area contributed by atoms with Crippen LogP contribution in [0.3, 0.4) is 0 Å². The molecule has 0 aliphatic heterocycles. The molecule has 136 valence electrons. The van der Waals surface area contributed by atoms with Crippen molar-refractivity contribution in [1.29, 1.82) is 0 Å². The number of carbonyl (C=O) groups is 1. The maximum absolute atomic E-state index is 12.2. The van der Waals surface area contributed by atoms with Gasteiger partial charge in [0.2, 0.25) is 5.91 Å². The van der Waals surface area contributed by atoms with Gasteiger partial charge in [-0.3, -0.25) is 4.79 Å². The molecule has 0 fully saturated rings. The third-order valence-electron chi connectivity index (χ3n) is 4.86. The molecule has 3 rings (SSSR count). The number of amides is 1. The number of aryl methyl sites for hydroxylation is 2. The lowest BCUT2D eigenvalue weighted by atomic mass is 9.98. The molecule has 26 heavy (non-hydrogen) atoms. The summed E-state index contributed by atoms with van der Waals surface area (Å²) in [6.07, 6.45) is 3.53. The Balaban J connectivity index is 1.50. The molecule has 0 aliphatic carbocycles. The van der Waals surface area contributed by atoms with Crippen LogP contribution in [0.4, 0.5) is 0 Å². The van der Waals surface area contributed by atoms with Gasteiger partial charge in [0.1, 0.15) is 6.33 Å². The Morgan fingerprint density at radius 1 is 1.23 bits per heavy atom. The SMILES string of the molecule is Cc1nc2ncnn2c(C)c1CCC(=O)NCCC(C)c1ccccc1. The van der Waals surface area contributed by atoms with Gasteiger partial charge in [-0.15, -0.1) is 0 Å². The lowest BCUT2D eigenvalue weighted by Gasteiger charge is -2.13. The van der Waals surface area contributed by atoms with Gasteiger partial charge in [0.05, 0.1) is 0 Å². The fourth-order valence-electron chi connectivity index (χ4n) is 3.22. The van der Waals surface area contributed by atoms with Crippen LogP contribution < -0.4 is 5.32 Å². The zero-order valence-corrected chi connectivity index (χ0v) is 15.6. The Morgan fingerprint density at radius 3 is 2.77 bits per heavy atom. The van der Waals surface area contributed by atoms with Crippen LogP contribution in [0.25, 0.3) is 5.78 Å². The van der Waals surface area contributed by atoms with Crippen LogP contribution in [-0.2, 0) is 11.2 Å². The summed E-state index contributed by atoms with van der Waals surface area (Å²) in [5, 5.41) is 7.22. The van der Waals surface area contributed by atoms with Crippen LogP contribution in [0.5, 0.6) is 0 Å². The zero-order valence-electron chi connectivity index (χ0n) is 15.6. The van der Waals surface area contributed by atoms with E-state index in [4.69, 9.17) is 0 Å². The molecule has 1 aromatic carbocycles. The number of aromatic nitrogens is 4. The van der Waals surface area contributed by atoms with Crippen molar-refractivity contribution < 1.29 is 4.79 Å². The highest BCUT2D eigenvalue weighted by Gasteiger charge is 2.13. The zero-order chi connectivity index (χ0) is 18.5. The highest BCUT2D eigenvalue weighted by molar-refractivity contribution is 5.76. The van der Waals surface area contributed by atoms with Crippen LogP contribution in [0, 0.1) is 13.8 Å². The first-order valence-electron chi connectivity index (χ1n) is 9.03. The number of carbonyl (C=O) groups excluding carboxylic acids is 1. The minimum Gasteiger partial charge on any atom is -0.356 e. The minimum atomic E-state index is 0.0720. The molecule has 1 unspecified atom stereocenters. The Kier molecular flexibility index (Phi) is 5.61. The number of hydrogen-bond donors (Lipinski definition) is 1. The van der Waals surface area contributed by atoms with Crippen molar-refractivity contribution in [3.8, 4) is 0 Å². The highest BCUT2D eigenvalue weighted by atomic mass is 16.1. The second-order valence-electron chi connectivity index (χ2n) is 6.68. The first kappa shape index (κ1) is 18.0. The summed E-state index contributed by atoms with van der Waals surface area (Å²) in [6.45, 7) is 6.82. The second-order valence-corrected chi connectivity index (χ2v) is 6.68. The molecule has 0 bridgehead atoms. The topological polar surface area (TPSA) is 72.2 Å². The number of rotatable bonds is 7. The molecule has 6 heteroatoms. The van der Waals surface area contributed by atoms with E-state index >= 15 is 0 Å². The van der Waals surface area contributed by atoms with Crippen molar-refractivity contribution >= 4 is 11.7 Å². The summed E-state index contributed by atoms with van der Waals surface area (Å²) >= 11 is 0. The van der Waals surface area contributed by atoms with Gasteiger partial charge in [-0.25, -0.2) is 9.50 Å². The molecule has 0 aliphatic rings. The summed E-state index contributed by atoms with van der Waals surface area (Å²) in [5.41, 5.74) is 4.28. The molecule has 6 nitrogen and oxygen atoms in total. The summed E-state index contributed by atoms with van der Waals surface area (Å²) in [6, 6.07) is 10.4. The molecule has 0 spiro atoms. The monoisotopic (exact) mass is 351 g/mol. The van der Waals surface area contributed by atoms with E-state index in [-0.39, 0.29) is 5.91 Å². The molecular formula is C20H25N5O. The summed E-state index contributed by atoms with van der Waals surface area (Å²) in [4.78, 5) is 20.8. The van der Waals surface area contributed by atoms with Gasteiger partial charge in [-0.05, 0) is 43.7 Å². The van der Waals surface area contributed by atoms with Gasteiger partial charge < -0.3 is 5.32 Å². The highest BCUT2D eigenvalue weighted by Crippen LogP contribution is 2.18. The van der Waals surface area contributed by atoms with E-state index in [0.29, 0.717) is 31.1 Å². The molecule has 0 saturated carbocycles. The maximum Gasteiger partial charge on any atom is 0.252 e. The van der Waals surface area contributed by atoms with E-state index in [0.717, 1.165) is 23.4 Å². The first-order valence-corrected chi connectivity index (χ1v) is 9.03. The number of nitrogens with zero attached hydrogens (tertiary/aromatic N) is 4. The number of fused-ring (bicyclic) bond motifs is 1. The van der Waals surface area contributed by atoms with Gasteiger partial charge in [0.15, 0.2) is 0 Å². The molecular weight excluding hydrogens is 326 g/mol. The number of benzene rings is 1. The Labute approximate surface area is 153 Å². The summed E-state index contributed by atoms with van der Waals surface area (Å²) in [5.74, 6) is 1.10. The lowest BCUT2D eigenvalue weighted by molar-refractivity contribution is -0.121. The average Bonchev–Trinajstić information content (AvgIpc) is 3.10. The summed E-state index contributed by atoms with van der Waals surface area (Å²) < 4.78 is 1.72. The molecule has 0 radical (unpaired) electrons. The van der Waals surface area contributed by atoms with Crippen LogP contribution in [0.2, 0.25) is 0 Å². The molecule has 3 aromatic rings. The van der Waals surface area contributed by atoms with Crippen molar-refractivity contribution in [2.45, 2.75) is 46.0 Å². The molecule has 1 atom stereocenters. The summed E-state index contributed by atoms with van der Waals surface area (Å²) in [7, 11) is 0. The molecule has 2 aromatic heterocycles. The third-order valence-corrected chi connectivity index (χ3v) is 4.86. The molecule has 1 amide bonds. The molecule has 1 N–H and O–H groups in total. The van der Waals surface area contributed by atoms with Crippen LogP contribution in [0.1, 0.15) is 48.2 Å². The first-order chi connectivity index (χ1) is 12.6. The lowest BCUT2D eigenvalue weighted by Crippen LogP contribution is -2.25. The Morgan fingerprint density at radius 2 is 2.00 bits per heavy atom. The Hall–Kier alpha value is -2.76. The van der Waals surface area contributed by atoms with E-state index in [1.54, 1.807) is 4.52 Å². The van der Waals surface area contributed by atoms with E-state index in [9.17, 15) is 4.79 Å². The largest absolute Gasteiger partial charge is 0.356 e. The minimum absolute atomic E-state index is 0.0720. The van der Waals surface area contributed by atoms with E-state index in [2.05, 4.69) is 51.6 Å². The molecule has 2 heterocycles. The van der Waals surface area contributed by atoms with Crippen molar-refractivity contribution in [2.75, 3.05) is 6.54 Å². The fourth-order valence-corrected chi connectivity index (χ4v) is 3.22. The van der Waals surface area contributed by atoms with Crippen molar-refractivity contribution in [1.82, 2.24) is 24.9 Å². The predicted molar refractivity (Wildman–Crippen MR) is 101 cm³/mol. The van der Waals surface area contributed by atoms with Crippen LogP contribution >= 0.6 is 0 Å². The second kappa shape index (κ2) is 8.08. The number of nitrogens with one attached hydrogen (secondary N) is 1. The van der Waals surface area contributed by atoms with Crippen LogP contribution in [-0.4, -0.2) is 32.0 Å². The van der Waals surface area contributed by atoms with Gasteiger partial charge in [0, 0.05) is 24.4 Å². The van der Waals surface area contributed by atoms with Crippen molar-refractivity contribution in [3.63, 3.8) is 0 Å². The molecule has 0 saturated heterocycles. The van der Waals surface area contributed by atoms with Crippen molar-refractivity contribution in [3.05, 3.63) is 59.2 Å². The normalized spacial score (nSPS) is 12.3. The van der Waals surface area contributed by atoms with Gasteiger partial charge >= 0.3 is 0 Å². The quantitative estimate of drug-likeness (QED) is 0.710.